The van der Waals surface area contributed by atoms with E-state index in [9.17, 15) is 9.00 Å². The van der Waals surface area contributed by atoms with Crippen molar-refractivity contribution in [3.8, 4) is 0 Å². The van der Waals surface area contributed by atoms with Crippen molar-refractivity contribution in [2.45, 2.75) is 38.9 Å². The second-order valence-electron chi connectivity index (χ2n) is 4.66. The molecule has 0 bridgehead atoms. The molecule has 0 fully saturated rings. The monoisotopic (exact) mass is 250 g/mol. The van der Waals surface area contributed by atoms with E-state index in [0.29, 0.717) is 19.1 Å². The van der Waals surface area contributed by atoms with Crippen LogP contribution in [0.3, 0.4) is 0 Å². The van der Waals surface area contributed by atoms with Crippen molar-refractivity contribution in [1.29, 1.82) is 0 Å². The van der Waals surface area contributed by atoms with E-state index < -0.39 is 21.5 Å². The summed E-state index contributed by atoms with van der Waals surface area (Å²) in [5, 5.41) is 8.85. The number of carboxylic acids is 1. The topological polar surface area (TPSA) is 63.6 Å². The number of ether oxygens (including phenoxy) is 1. The van der Waals surface area contributed by atoms with Crippen molar-refractivity contribution in [1.82, 2.24) is 0 Å². The highest BCUT2D eigenvalue weighted by Gasteiger charge is 2.33. The van der Waals surface area contributed by atoms with Crippen LogP contribution in [0.4, 0.5) is 0 Å². The van der Waals surface area contributed by atoms with Gasteiger partial charge in [-0.3, -0.25) is 9.00 Å². The first-order valence-electron chi connectivity index (χ1n) is 5.48. The van der Waals surface area contributed by atoms with Gasteiger partial charge >= 0.3 is 5.97 Å². The number of hydrogen-bond donors (Lipinski definition) is 1. The zero-order valence-electron chi connectivity index (χ0n) is 10.5. The van der Waals surface area contributed by atoms with Gasteiger partial charge in [0.05, 0.1) is 6.61 Å². The van der Waals surface area contributed by atoms with Crippen molar-refractivity contribution < 1.29 is 18.8 Å². The number of carboxylic acid groups (broad SMARTS) is 1. The summed E-state index contributed by atoms with van der Waals surface area (Å²) >= 11 is 0. The Morgan fingerprint density at radius 2 is 1.94 bits per heavy atom. The molecule has 0 amide bonds. The van der Waals surface area contributed by atoms with Crippen molar-refractivity contribution >= 4 is 16.8 Å². The van der Waals surface area contributed by atoms with Crippen LogP contribution in [0.2, 0.25) is 0 Å². The molecule has 1 N–H and O–H groups in total. The predicted octanol–water partition coefficient (Wildman–Crippen LogP) is 1.66. The second-order valence-corrected chi connectivity index (χ2v) is 6.78. The van der Waals surface area contributed by atoms with Crippen LogP contribution >= 0.6 is 0 Å². The summed E-state index contributed by atoms with van der Waals surface area (Å²) in [4.78, 5) is 10.8. The van der Waals surface area contributed by atoms with E-state index in [2.05, 4.69) is 13.8 Å². The molecule has 0 rings (SSSR count). The largest absolute Gasteiger partial charge is 0.480 e. The van der Waals surface area contributed by atoms with Crippen molar-refractivity contribution in [3.05, 3.63) is 0 Å². The van der Waals surface area contributed by atoms with E-state index >= 15 is 0 Å². The highest BCUT2D eigenvalue weighted by Crippen LogP contribution is 2.13. The zero-order valence-corrected chi connectivity index (χ0v) is 11.3. The summed E-state index contributed by atoms with van der Waals surface area (Å²) in [6, 6.07) is 0. The van der Waals surface area contributed by atoms with Crippen molar-refractivity contribution in [2.75, 3.05) is 19.0 Å². The fourth-order valence-electron chi connectivity index (χ4n) is 0.908. The normalized spacial score (nSPS) is 14.1. The van der Waals surface area contributed by atoms with Crippen LogP contribution in [0.1, 0.15) is 34.1 Å². The smallest absolute Gasteiger partial charge is 0.321 e. The van der Waals surface area contributed by atoms with E-state index in [-0.39, 0.29) is 5.75 Å². The molecular weight excluding hydrogens is 228 g/mol. The molecule has 0 radical (unpaired) electrons. The fourth-order valence-corrected chi connectivity index (χ4v) is 1.88. The summed E-state index contributed by atoms with van der Waals surface area (Å²) in [7, 11) is -1.40. The third-order valence-corrected chi connectivity index (χ3v) is 4.19. The molecule has 0 spiro atoms. The van der Waals surface area contributed by atoms with Gasteiger partial charge in [0.15, 0.2) is 0 Å². The second kappa shape index (κ2) is 7.01. The zero-order chi connectivity index (χ0) is 12.8. The van der Waals surface area contributed by atoms with Gasteiger partial charge in [-0.2, -0.15) is 0 Å². The molecule has 0 aliphatic heterocycles. The molecule has 0 saturated carbocycles. The van der Waals surface area contributed by atoms with E-state index in [1.54, 1.807) is 0 Å². The Balaban J connectivity index is 3.78. The Morgan fingerprint density at radius 1 is 1.38 bits per heavy atom. The van der Waals surface area contributed by atoms with Gasteiger partial charge in [-0.05, 0) is 26.2 Å². The van der Waals surface area contributed by atoms with Gasteiger partial charge in [-0.1, -0.05) is 13.8 Å². The highest BCUT2D eigenvalue weighted by molar-refractivity contribution is 7.87. The number of carbonyl (C=O) groups is 1. The van der Waals surface area contributed by atoms with Gasteiger partial charge in [0, 0.05) is 23.2 Å². The van der Waals surface area contributed by atoms with Gasteiger partial charge in [0.2, 0.25) is 0 Å². The fraction of sp³-hybridized carbons (Fsp3) is 0.909. The lowest BCUT2D eigenvalue weighted by atomic mass is 10.1. The summed E-state index contributed by atoms with van der Waals surface area (Å²) in [6.45, 7) is 8.15. The minimum absolute atomic E-state index is 0.275. The predicted molar refractivity (Wildman–Crippen MR) is 65.0 cm³/mol. The average Bonchev–Trinajstić information content (AvgIpc) is 2.16. The van der Waals surface area contributed by atoms with Crippen molar-refractivity contribution in [3.63, 3.8) is 0 Å². The molecule has 0 aromatic rings. The molecule has 0 aromatic carbocycles. The lowest BCUT2D eigenvalue weighted by molar-refractivity contribution is -0.139. The van der Waals surface area contributed by atoms with Crippen LogP contribution in [0.15, 0.2) is 0 Å². The molecule has 96 valence electrons. The van der Waals surface area contributed by atoms with Crippen LogP contribution in [-0.2, 0) is 20.3 Å². The molecule has 0 saturated heterocycles. The summed E-state index contributed by atoms with van der Waals surface area (Å²) in [6.07, 6.45) is 0.967. The standard InChI is InChI=1S/C11H22O4S/c1-9(2)5-6-15-7-8-16(14)11(3,4)10(12)13/h9H,5-8H2,1-4H3,(H,12,13). The summed E-state index contributed by atoms with van der Waals surface area (Å²) in [5.74, 6) is -0.175. The lowest BCUT2D eigenvalue weighted by Crippen LogP contribution is -2.38. The summed E-state index contributed by atoms with van der Waals surface area (Å²) in [5.41, 5.74) is 0. The molecular formula is C11H22O4S. The first kappa shape index (κ1) is 15.6. The van der Waals surface area contributed by atoms with Crippen LogP contribution in [0, 0.1) is 5.92 Å². The first-order valence-corrected chi connectivity index (χ1v) is 6.80. The third-order valence-electron chi connectivity index (χ3n) is 2.34. The average molecular weight is 250 g/mol. The van der Waals surface area contributed by atoms with Gasteiger partial charge < -0.3 is 9.84 Å². The number of aliphatic carboxylic acids is 1. The molecule has 0 aliphatic rings. The summed E-state index contributed by atoms with van der Waals surface area (Å²) < 4.78 is 15.8. The maximum atomic E-state index is 11.7. The Kier molecular flexibility index (Phi) is 6.83. The van der Waals surface area contributed by atoms with Gasteiger partial charge in [0.1, 0.15) is 4.75 Å². The number of rotatable bonds is 8. The Morgan fingerprint density at radius 3 is 2.38 bits per heavy atom. The molecule has 0 aromatic heterocycles. The molecule has 0 aliphatic carbocycles. The number of hydrogen-bond acceptors (Lipinski definition) is 3. The minimum atomic E-state index is -1.40. The van der Waals surface area contributed by atoms with Crippen LogP contribution in [0.5, 0.6) is 0 Å². The van der Waals surface area contributed by atoms with E-state index in [4.69, 9.17) is 9.84 Å². The molecule has 1 unspecified atom stereocenters. The van der Waals surface area contributed by atoms with E-state index in [1.807, 2.05) is 0 Å². The first-order chi connectivity index (χ1) is 7.28. The van der Waals surface area contributed by atoms with Gasteiger partial charge in [-0.15, -0.1) is 0 Å². The minimum Gasteiger partial charge on any atom is -0.480 e. The van der Waals surface area contributed by atoms with E-state index in [1.165, 1.54) is 13.8 Å². The maximum Gasteiger partial charge on any atom is 0.321 e. The molecule has 0 heterocycles. The third kappa shape index (κ3) is 5.61. The van der Waals surface area contributed by atoms with Crippen molar-refractivity contribution in [2.24, 2.45) is 5.92 Å². The van der Waals surface area contributed by atoms with Crippen LogP contribution in [0.25, 0.3) is 0 Å². The lowest BCUT2D eigenvalue weighted by Gasteiger charge is -2.18. The van der Waals surface area contributed by atoms with Crippen LogP contribution in [-0.4, -0.2) is 39.0 Å². The Bertz CT molecular complexity index is 248. The van der Waals surface area contributed by atoms with E-state index in [0.717, 1.165) is 6.42 Å². The molecule has 16 heavy (non-hydrogen) atoms. The SMILES string of the molecule is CC(C)CCOCCS(=O)C(C)(C)C(=O)O. The van der Waals surface area contributed by atoms with Gasteiger partial charge in [-0.25, -0.2) is 0 Å². The Labute approximate surface area is 99.8 Å². The quantitative estimate of drug-likeness (QED) is 0.665. The molecule has 4 nitrogen and oxygen atoms in total. The maximum absolute atomic E-state index is 11.7. The van der Waals surface area contributed by atoms with Gasteiger partial charge in [0.25, 0.3) is 0 Å². The molecule has 1 atom stereocenters. The molecule has 5 heteroatoms. The Hall–Kier alpha value is -0.420. The highest BCUT2D eigenvalue weighted by atomic mass is 32.2. The van der Waals surface area contributed by atoms with Crippen LogP contribution < -0.4 is 0 Å².